The molecule has 0 saturated heterocycles. The molecule has 4 nitrogen and oxygen atoms in total. The first-order chi connectivity index (χ1) is 7.55. The van der Waals surface area contributed by atoms with Crippen LogP contribution in [0.3, 0.4) is 0 Å². The monoisotopic (exact) mass is 240 g/mol. The Labute approximate surface area is 105 Å². The van der Waals surface area contributed by atoms with Crippen molar-refractivity contribution in [3.8, 4) is 0 Å². The average molecular weight is 240 g/mol. The molecule has 0 aromatic heterocycles. The summed E-state index contributed by atoms with van der Waals surface area (Å²) in [6, 6.07) is -0.563. The summed E-state index contributed by atoms with van der Waals surface area (Å²) >= 11 is 0. The highest BCUT2D eigenvalue weighted by atomic mass is 16.5. The molecule has 0 saturated carbocycles. The van der Waals surface area contributed by atoms with Crippen LogP contribution in [0.5, 0.6) is 0 Å². The standard InChI is InChI=1S/C13H24N2O2/c1-8-17-11(16)10(15-13(5,6)7)9-14-12(2,3)4/h8,10H,1,9H2,2-7H3/q-2/t10-/m1/s1. The van der Waals surface area contributed by atoms with Gasteiger partial charge in [0, 0.05) is 0 Å². The zero-order valence-corrected chi connectivity index (χ0v) is 11.8. The van der Waals surface area contributed by atoms with Crippen molar-refractivity contribution in [1.82, 2.24) is 0 Å². The first kappa shape index (κ1) is 16.1. The van der Waals surface area contributed by atoms with Gasteiger partial charge in [0.05, 0.1) is 6.26 Å². The quantitative estimate of drug-likeness (QED) is 0.546. The van der Waals surface area contributed by atoms with Crippen molar-refractivity contribution in [1.29, 1.82) is 0 Å². The molecule has 0 aromatic carbocycles. The van der Waals surface area contributed by atoms with Gasteiger partial charge in [-0.05, 0) is 0 Å². The van der Waals surface area contributed by atoms with Crippen LogP contribution in [0.2, 0.25) is 0 Å². The fourth-order valence-electron chi connectivity index (χ4n) is 1.16. The van der Waals surface area contributed by atoms with E-state index in [4.69, 9.17) is 4.74 Å². The number of hydrogen-bond donors (Lipinski definition) is 0. The van der Waals surface area contributed by atoms with Gasteiger partial charge in [0.2, 0.25) is 0 Å². The predicted octanol–water partition coefficient (Wildman–Crippen LogP) is 3.39. The van der Waals surface area contributed by atoms with E-state index in [9.17, 15) is 4.79 Å². The highest BCUT2D eigenvalue weighted by Crippen LogP contribution is 2.23. The number of ether oxygens (including phenoxy) is 1. The fourth-order valence-corrected chi connectivity index (χ4v) is 1.16. The lowest BCUT2D eigenvalue weighted by Gasteiger charge is -2.48. The van der Waals surface area contributed by atoms with Crippen molar-refractivity contribution in [2.75, 3.05) is 6.54 Å². The molecular weight excluding hydrogens is 216 g/mol. The van der Waals surface area contributed by atoms with Crippen LogP contribution in [0.15, 0.2) is 12.8 Å². The molecule has 0 unspecified atom stereocenters. The van der Waals surface area contributed by atoms with E-state index in [-0.39, 0.29) is 11.1 Å². The average Bonchev–Trinajstić information content (AvgIpc) is 2.09. The van der Waals surface area contributed by atoms with Crippen LogP contribution in [0.4, 0.5) is 0 Å². The normalized spacial score (nSPS) is 14.2. The van der Waals surface area contributed by atoms with Gasteiger partial charge < -0.3 is 15.4 Å². The van der Waals surface area contributed by atoms with Crippen LogP contribution in [-0.4, -0.2) is 29.6 Å². The Hall–Kier alpha value is -0.870. The van der Waals surface area contributed by atoms with Crippen LogP contribution in [0, 0.1) is 0 Å². The molecule has 17 heavy (non-hydrogen) atoms. The zero-order chi connectivity index (χ0) is 13.7. The molecule has 0 radical (unpaired) electrons. The summed E-state index contributed by atoms with van der Waals surface area (Å²) in [5, 5.41) is 8.83. The molecule has 0 rings (SSSR count). The van der Waals surface area contributed by atoms with Crippen molar-refractivity contribution >= 4 is 5.97 Å². The minimum absolute atomic E-state index is 0.180. The minimum Gasteiger partial charge on any atom is -0.658 e. The second kappa shape index (κ2) is 6.17. The second-order valence-corrected chi connectivity index (χ2v) is 5.93. The molecule has 0 aromatic rings. The van der Waals surface area contributed by atoms with Crippen LogP contribution in [0.1, 0.15) is 41.5 Å². The number of carbonyl (C=O) groups excluding carboxylic acids is 1. The lowest BCUT2D eigenvalue weighted by Crippen LogP contribution is -2.33. The lowest BCUT2D eigenvalue weighted by molar-refractivity contribution is -0.138. The number of rotatable bonds is 5. The molecule has 0 aliphatic rings. The van der Waals surface area contributed by atoms with Crippen molar-refractivity contribution in [3.05, 3.63) is 23.5 Å². The van der Waals surface area contributed by atoms with E-state index < -0.39 is 12.0 Å². The molecule has 0 aliphatic heterocycles. The third kappa shape index (κ3) is 8.89. The van der Waals surface area contributed by atoms with E-state index in [2.05, 4.69) is 17.2 Å². The smallest absolute Gasteiger partial charge is 0.291 e. The molecule has 1 atom stereocenters. The number of hydrogen-bond acceptors (Lipinski definition) is 2. The van der Waals surface area contributed by atoms with Gasteiger partial charge >= 0.3 is 0 Å². The van der Waals surface area contributed by atoms with Crippen molar-refractivity contribution < 1.29 is 9.53 Å². The third-order valence-electron chi connectivity index (χ3n) is 1.75. The van der Waals surface area contributed by atoms with E-state index in [1.165, 1.54) is 0 Å². The van der Waals surface area contributed by atoms with Crippen molar-refractivity contribution in [3.63, 3.8) is 0 Å². The van der Waals surface area contributed by atoms with Crippen molar-refractivity contribution in [2.24, 2.45) is 0 Å². The van der Waals surface area contributed by atoms with E-state index in [1.807, 2.05) is 41.5 Å². The van der Waals surface area contributed by atoms with E-state index in [0.717, 1.165) is 6.26 Å². The first-order valence-electron chi connectivity index (χ1n) is 5.77. The van der Waals surface area contributed by atoms with Crippen LogP contribution < -0.4 is 0 Å². The summed E-state index contributed by atoms with van der Waals surface area (Å²) in [6.07, 6.45) is 1.13. The van der Waals surface area contributed by atoms with Gasteiger partial charge in [-0.15, -0.1) is 11.1 Å². The van der Waals surface area contributed by atoms with Gasteiger partial charge in [0.15, 0.2) is 0 Å². The summed E-state index contributed by atoms with van der Waals surface area (Å²) in [5.41, 5.74) is -0.474. The fraction of sp³-hybridized carbons (Fsp3) is 0.769. The summed E-state index contributed by atoms with van der Waals surface area (Å²) in [5.74, 6) is -0.400. The van der Waals surface area contributed by atoms with Crippen LogP contribution in [0.25, 0.3) is 10.6 Å². The lowest BCUT2D eigenvalue weighted by atomic mass is 10.1. The van der Waals surface area contributed by atoms with E-state index >= 15 is 0 Å². The topological polar surface area (TPSA) is 54.5 Å². The van der Waals surface area contributed by atoms with E-state index in [0.29, 0.717) is 6.54 Å². The summed E-state index contributed by atoms with van der Waals surface area (Å²) in [6.45, 7) is 15.5. The molecule has 0 N–H and O–H groups in total. The summed E-state index contributed by atoms with van der Waals surface area (Å²) in [7, 11) is 0. The minimum atomic E-state index is -0.563. The molecule has 0 bridgehead atoms. The van der Waals surface area contributed by atoms with Crippen LogP contribution in [-0.2, 0) is 9.53 Å². The zero-order valence-electron chi connectivity index (χ0n) is 11.8. The summed E-state index contributed by atoms with van der Waals surface area (Å²) < 4.78 is 4.79. The maximum absolute atomic E-state index is 11.7. The number of carbonyl (C=O) groups is 1. The highest BCUT2D eigenvalue weighted by molar-refractivity contribution is 5.80. The Bertz CT molecular complexity index is 262. The van der Waals surface area contributed by atoms with Gasteiger partial charge in [0.25, 0.3) is 5.97 Å². The van der Waals surface area contributed by atoms with E-state index in [1.54, 1.807) is 0 Å². The Balaban J connectivity index is 4.51. The molecule has 100 valence electrons. The van der Waals surface area contributed by atoms with Crippen LogP contribution >= 0.6 is 0 Å². The number of nitrogens with zero attached hydrogens (tertiary/aromatic N) is 2. The molecule has 0 aliphatic carbocycles. The van der Waals surface area contributed by atoms with Gasteiger partial charge in [-0.3, -0.25) is 4.79 Å². The number of esters is 1. The first-order valence-corrected chi connectivity index (χ1v) is 5.77. The maximum Gasteiger partial charge on any atom is 0.291 e. The van der Waals surface area contributed by atoms with Crippen molar-refractivity contribution in [2.45, 2.75) is 58.7 Å². The SMILES string of the molecule is C=COC(=O)[C@@H](C[N-]C(C)(C)C)[N-]C(C)(C)C. The molecule has 0 amide bonds. The van der Waals surface area contributed by atoms with Gasteiger partial charge in [-0.2, -0.15) is 6.54 Å². The molecular formula is C13H24N2O2-2. The predicted molar refractivity (Wildman–Crippen MR) is 71.2 cm³/mol. The molecule has 0 spiro atoms. The van der Waals surface area contributed by atoms with Gasteiger partial charge in [-0.1, -0.05) is 54.2 Å². The second-order valence-electron chi connectivity index (χ2n) is 5.93. The third-order valence-corrected chi connectivity index (χ3v) is 1.75. The summed E-state index contributed by atoms with van der Waals surface area (Å²) in [4.78, 5) is 11.7. The Morgan fingerprint density at radius 1 is 1.24 bits per heavy atom. The Morgan fingerprint density at radius 2 is 1.76 bits per heavy atom. The van der Waals surface area contributed by atoms with Gasteiger partial charge in [-0.25, -0.2) is 0 Å². The van der Waals surface area contributed by atoms with Gasteiger partial charge in [0.1, 0.15) is 0 Å². The Morgan fingerprint density at radius 3 is 2.12 bits per heavy atom. The largest absolute Gasteiger partial charge is 0.658 e. The Kier molecular flexibility index (Phi) is 5.85. The maximum atomic E-state index is 11.7. The molecule has 0 fully saturated rings. The highest BCUT2D eigenvalue weighted by Gasteiger charge is 2.11. The molecule has 0 heterocycles. The molecule has 4 heteroatoms.